The Kier molecular flexibility index (Phi) is 10.3. The molecular formula is C64H47N5OS. The van der Waals surface area contributed by atoms with E-state index < -0.39 is 0 Å². The fourth-order valence-electron chi connectivity index (χ4n) is 10.9. The van der Waals surface area contributed by atoms with Crippen molar-refractivity contribution in [2.75, 3.05) is 0 Å². The minimum atomic E-state index is 0.370. The number of amidine groups is 2. The van der Waals surface area contributed by atoms with Crippen LogP contribution in [0.15, 0.2) is 221 Å². The molecule has 7 heteroatoms. The zero-order chi connectivity index (χ0) is 47.6. The lowest BCUT2D eigenvalue weighted by atomic mass is 9.97. The van der Waals surface area contributed by atoms with E-state index in [1.54, 1.807) is 0 Å². The molecule has 9 aromatic carbocycles. The molecule has 0 saturated heterocycles. The first-order chi connectivity index (χ1) is 35.1. The number of nitrogens with zero attached hydrogens (tertiary/aromatic N) is 4. The third-order valence-electron chi connectivity index (χ3n) is 14.0. The summed E-state index contributed by atoms with van der Waals surface area (Å²) < 4.78 is 13.8. The van der Waals surface area contributed by atoms with Gasteiger partial charge < -0.3 is 19.3 Å². The Hall–Kier alpha value is -8.78. The maximum absolute atomic E-state index is 6.98. The Morgan fingerprint density at radius 1 is 0.592 bits per heavy atom. The first kappa shape index (κ1) is 42.3. The average molecular weight is 934 g/mol. The van der Waals surface area contributed by atoms with Crippen molar-refractivity contribution in [3.8, 4) is 22.5 Å². The van der Waals surface area contributed by atoms with Crippen molar-refractivity contribution >= 4 is 104 Å². The van der Waals surface area contributed by atoms with Crippen molar-refractivity contribution in [3.63, 3.8) is 0 Å². The van der Waals surface area contributed by atoms with Crippen LogP contribution in [-0.2, 0) is 13.0 Å². The summed E-state index contributed by atoms with van der Waals surface area (Å²) in [6.07, 6.45) is 5.23. The van der Waals surface area contributed by atoms with Gasteiger partial charge in [0.1, 0.15) is 17.0 Å². The topological polar surface area (TPSA) is 73.7 Å². The second-order valence-electron chi connectivity index (χ2n) is 18.0. The van der Waals surface area contributed by atoms with Crippen LogP contribution >= 0.6 is 11.3 Å². The fraction of sp³-hybridized carbons (Fsp3) is 0.0625. The SMILES string of the molecule is C/C=C\c1c(CC)c2ccccc2n1-c1cccc(C(N)=NC(=NCc2cccc3oc4ccc(-c5cccc6sc7c(-n8c9ccccc9c9ccccc98)cccc7c56)cc4c23)c2ccccc2)c1. The molecule has 0 radical (unpaired) electrons. The van der Waals surface area contributed by atoms with Crippen LogP contribution in [-0.4, -0.2) is 20.8 Å². The summed E-state index contributed by atoms with van der Waals surface area (Å²) in [4.78, 5) is 10.3. The maximum atomic E-state index is 6.98. The first-order valence-corrected chi connectivity index (χ1v) is 25.0. The van der Waals surface area contributed by atoms with E-state index in [0.29, 0.717) is 18.2 Å². The van der Waals surface area contributed by atoms with Gasteiger partial charge in [-0.3, -0.25) is 4.99 Å². The van der Waals surface area contributed by atoms with Gasteiger partial charge in [-0.25, -0.2) is 4.99 Å². The van der Waals surface area contributed by atoms with Gasteiger partial charge in [0.25, 0.3) is 0 Å². The number of hydrogen-bond acceptors (Lipinski definition) is 3. The Balaban J connectivity index is 0.898. The van der Waals surface area contributed by atoms with Gasteiger partial charge in [-0.1, -0.05) is 153 Å². The van der Waals surface area contributed by atoms with E-state index in [1.807, 2.05) is 59.9 Å². The van der Waals surface area contributed by atoms with Gasteiger partial charge >= 0.3 is 0 Å². The lowest BCUT2D eigenvalue weighted by Crippen LogP contribution is -2.17. The van der Waals surface area contributed by atoms with E-state index in [0.717, 1.165) is 61.8 Å². The molecule has 0 bridgehead atoms. The molecule has 0 fully saturated rings. The van der Waals surface area contributed by atoms with Gasteiger partial charge in [-0.15, -0.1) is 11.3 Å². The third-order valence-corrected chi connectivity index (χ3v) is 15.2. The number of rotatable bonds is 9. The summed E-state index contributed by atoms with van der Waals surface area (Å²) in [6.45, 7) is 4.65. The largest absolute Gasteiger partial charge is 0.456 e. The molecule has 4 heterocycles. The monoisotopic (exact) mass is 933 g/mol. The van der Waals surface area contributed by atoms with Crippen LogP contribution < -0.4 is 5.73 Å². The Bertz CT molecular complexity index is 4280. The van der Waals surface area contributed by atoms with E-state index in [1.165, 1.54) is 69.9 Å². The number of benzene rings is 9. The zero-order valence-corrected chi connectivity index (χ0v) is 40.1. The normalized spacial score (nSPS) is 12.6. The van der Waals surface area contributed by atoms with Crippen molar-refractivity contribution in [1.29, 1.82) is 0 Å². The Morgan fingerprint density at radius 3 is 2.04 bits per heavy atom. The Morgan fingerprint density at radius 2 is 1.27 bits per heavy atom. The van der Waals surface area contributed by atoms with Gasteiger partial charge in [0.2, 0.25) is 0 Å². The minimum absolute atomic E-state index is 0.370. The van der Waals surface area contributed by atoms with Gasteiger partial charge in [0.15, 0.2) is 5.84 Å². The van der Waals surface area contributed by atoms with E-state index in [9.17, 15) is 0 Å². The number of allylic oxidation sites excluding steroid dienone is 1. The molecule has 13 aromatic rings. The van der Waals surface area contributed by atoms with Crippen LogP contribution in [0.2, 0.25) is 0 Å². The quantitative estimate of drug-likeness (QED) is 0.116. The number of thiophene rings is 1. The number of nitrogens with two attached hydrogens (primary N) is 1. The predicted octanol–water partition coefficient (Wildman–Crippen LogP) is 16.6. The van der Waals surface area contributed by atoms with Crippen LogP contribution in [0.3, 0.4) is 0 Å². The van der Waals surface area contributed by atoms with Crippen LogP contribution in [0.5, 0.6) is 0 Å². The van der Waals surface area contributed by atoms with Crippen LogP contribution in [0.4, 0.5) is 0 Å². The number of furan rings is 1. The van der Waals surface area contributed by atoms with Crippen molar-refractivity contribution in [2.24, 2.45) is 15.7 Å². The van der Waals surface area contributed by atoms with Gasteiger partial charge in [-0.2, -0.15) is 0 Å². The van der Waals surface area contributed by atoms with Gasteiger partial charge in [-0.05, 0) is 102 Å². The van der Waals surface area contributed by atoms with Crippen LogP contribution in [0.25, 0.3) is 103 Å². The highest BCUT2D eigenvalue weighted by Gasteiger charge is 2.20. The van der Waals surface area contributed by atoms with Crippen molar-refractivity contribution in [3.05, 3.63) is 234 Å². The van der Waals surface area contributed by atoms with Crippen molar-refractivity contribution in [1.82, 2.24) is 9.13 Å². The highest BCUT2D eigenvalue weighted by atomic mass is 32.1. The molecule has 0 spiro atoms. The van der Waals surface area contributed by atoms with Crippen molar-refractivity contribution < 1.29 is 4.42 Å². The molecule has 0 saturated carbocycles. The first-order valence-electron chi connectivity index (χ1n) is 24.2. The average Bonchev–Trinajstić information content (AvgIpc) is 4.18. The second kappa shape index (κ2) is 17.3. The number of aliphatic imine (C=N–C) groups is 2. The number of para-hydroxylation sites is 3. The zero-order valence-electron chi connectivity index (χ0n) is 39.3. The lowest BCUT2D eigenvalue weighted by molar-refractivity contribution is 0.668. The standard InChI is InChI=1S/C64H47N5OS/c1-3-18-52-45(4-2)47-24-8-11-29-53(47)68(52)44-23-14-21-42(37-44)63(65)67-64(40-19-6-5-7-20-40)66-39-43-22-15-33-58-60(43)51-38-41(35-36-57(51)70-58)46-27-17-34-59-61(46)50-28-16-32-56(62(50)71-59)69-54-30-12-9-25-48(54)49-26-10-13-31-55(49)69/h3,5-38H,4,39H2,1-2H3,(H2,65,66,67)/b18-3-. The van der Waals surface area contributed by atoms with E-state index in [-0.39, 0.29) is 0 Å². The maximum Gasteiger partial charge on any atom is 0.157 e. The smallest absolute Gasteiger partial charge is 0.157 e. The van der Waals surface area contributed by atoms with Gasteiger partial charge in [0.05, 0.1) is 33.5 Å². The Labute approximate surface area is 414 Å². The molecular weight excluding hydrogens is 887 g/mol. The molecule has 71 heavy (non-hydrogen) atoms. The highest BCUT2D eigenvalue weighted by molar-refractivity contribution is 7.26. The number of aryl methyl sites for hydroxylation is 1. The highest BCUT2D eigenvalue weighted by Crippen LogP contribution is 2.45. The number of hydrogen-bond donors (Lipinski definition) is 1. The van der Waals surface area contributed by atoms with E-state index in [2.05, 4.69) is 187 Å². The molecule has 0 aliphatic carbocycles. The summed E-state index contributed by atoms with van der Waals surface area (Å²) in [6, 6.07) is 70.8. The molecule has 13 rings (SSSR count). The second-order valence-corrected chi connectivity index (χ2v) is 19.1. The lowest BCUT2D eigenvalue weighted by Gasteiger charge is -2.12. The van der Waals surface area contributed by atoms with Gasteiger partial charge in [0, 0.05) is 64.9 Å². The number of aromatic nitrogens is 2. The third kappa shape index (κ3) is 6.99. The van der Waals surface area contributed by atoms with E-state index >= 15 is 0 Å². The molecule has 6 nitrogen and oxygen atoms in total. The predicted molar refractivity (Wildman–Crippen MR) is 301 cm³/mol. The summed E-state index contributed by atoms with van der Waals surface area (Å²) >= 11 is 1.86. The molecule has 0 aliphatic rings. The number of fused-ring (bicyclic) bond motifs is 10. The van der Waals surface area contributed by atoms with Crippen LogP contribution in [0, 0.1) is 0 Å². The molecule has 340 valence electrons. The summed E-state index contributed by atoms with van der Waals surface area (Å²) in [5.74, 6) is 0.952. The summed E-state index contributed by atoms with van der Waals surface area (Å²) in [7, 11) is 0. The fourth-order valence-corrected chi connectivity index (χ4v) is 12.1. The minimum Gasteiger partial charge on any atom is -0.456 e. The molecule has 0 unspecified atom stereocenters. The van der Waals surface area contributed by atoms with E-state index in [4.69, 9.17) is 20.1 Å². The van der Waals surface area contributed by atoms with Crippen molar-refractivity contribution in [2.45, 2.75) is 26.8 Å². The molecule has 0 aliphatic heterocycles. The molecule has 2 N–H and O–H groups in total. The molecule has 4 aromatic heterocycles. The molecule has 0 atom stereocenters. The summed E-state index contributed by atoms with van der Waals surface area (Å²) in [5, 5.41) is 8.36. The van der Waals surface area contributed by atoms with Crippen LogP contribution in [0.1, 0.15) is 41.8 Å². The molecule has 0 amide bonds. The summed E-state index contributed by atoms with van der Waals surface area (Å²) in [5.41, 5.74) is 22.0.